The highest BCUT2D eigenvalue weighted by Gasteiger charge is 2.55. The lowest BCUT2D eigenvalue weighted by Crippen LogP contribution is -2.14. The van der Waals surface area contributed by atoms with E-state index in [1.165, 1.54) is 0 Å². The molecule has 1 saturated heterocycles. The van der Waals surface area contributed by atoms with E-state index in [1.54, 1.807) is 5.31 Å². The monoisotopic (exact) mass is 193 g/mol. The van der Waals surface area contributed by atoms with Gasteiger partial charge in [-0.15, -0.1) is 0 Å². The molecule has 74 valence electrons. The molecule has 4 heteroatoms. The molecule has 0 amide bonds. The Bertz CT molecular complexity index is 406. The maximum absolute atomic E-state index is 10.6. The lowest BCUT2D eigenvalue weighted by molar-refractivity contribution is 0.109. The maximum Gasteiger partial charge on any atom is 0.202 e. The number of carbonyl (C=O) groups is 1. The Hall–Kier alpha value is -1.16. The highest BCUT2D eigenvalue weighted by atomic mass is 16.5. The van der Waals surface area contributed by atoms with E-state index in [2.05, 4.69) is 5.16 Å². The minimum absolute atomic E-state index is 0.345. The lowest BCUT2D eigenvalue weighted by Gasteiger charge is -2.00. The summed E-state index contributed by atoms with van der Waals surface area (Å²) in [4.78, 5) is 10.6. The first-order chi connectivity index (χ1) is 7.22. The predicted octanol–water partition coefficient (Wildman–Crippen LogP) is 0.728. The third-order valence-electron chi connectivity index (χ3n) is 3.43. The smallest absolute Gasteiger partial charge is 0.202 e. The third kappa shape index (κ3) is 0.917. The van der Waals surface area contributed by atoms with Gasteiger partial charge in [0.05, 0.1) is 5.69 Å². The summed E-state index contributed by atoms with van der Waals surface area (Å²) in [6.07, 6.45) is 0.709. The molecule has 1 aliphatic carbocycles. The van der Waals surface area contributed by atoms with Gasteiger partial charge in [0, 0.05) is 11.5 Å². The van der Waals surface area contributed by atoms with Crippen LogP contribution >= 0.6 is 0 Å². The lowest BCUT2D eigenvalue weighted by atomic mass is 10.1. The van der Waals surface area contributed by atoms with Gasteiger partial charge in [0.1, 0.15) is 1.41 Å². The molecular weight excluding hydrogens is 180 g/mol. The van der Waals surface area contributed by atoms with Crippen molar-refractivity contribution in [3.8, 4) is 0 Å². The first-order valence-electron chi connectivity index (χ1n) is 5.32. The van der Waals surface area contributed by atoms with E-state index in [-0.39, 0.29) is 0 Å². The molecule has 1 aromatic heterocycles. The van der Waals surface area contributed by atoms with Crippen LogP contribution < -0.4 is 5.31 Å². The zero-order chi connectivity index (χ0) is 10.6. The summed E-state index contributed by atoms with van der Waals surface area (Å²) in [6, 6.07) is 0. The molecule has 2 heterocycles. The summed E-state index contributed by atoms with van der Waals surface area (Å²) < 4.78 is 12.4. The number of rotatable bonds is 2. The molecular formula is C10H12N2O2. The van der Waals surface area contributed by atoms with Gasteiger partial charge in [0.25, 0.3) is 0 Å². The zero-order valence-electron chi connectivity index (χ0n) is 8.93. The van der Waals surface area contributed by atoms with Crippen molar-refractivity contribution < 1.29 is 10.7 Å². The fourth-order valence-electron chi connectivity index (χ4n) is 2.50. The van der Waals surface area contributed by atoms with Gasteiger partial charge < -0.3 is 9.83 Å². The van der Waals surface area contributed by atoms with Crippen LogP contribution in [0.2, 0.25) is 1.41 Å². The minimum Gasteiger partial charge on any atom is -0.353 e. The molecule has 1 saturated carbocycles. The maximum atomic E-state index is 10.6. The molecule has 3 atom stereocenters. The summed E-state index contributed by atoms with van der Waals surface area (Å²) in [6.45, 7) is 3.51. The van der Waals surface area contributed by atoms with E-state index >= 15 is 0 Å². The molecule has 1 aliphatic heterocycles. The van der Waals surface area contributed by atoms with Crippen molar-refractivity contribution in [2.75, 3.05) is 13.1 Å². The number of carbonyl (C=O) groups excluding carboxylic acids is 1. The minimum atomic E-state index is 0.345. The van der Waals surface area contributed by atoms with Crippen molar-refractivity contribution in [1.29, 1.82) is 0 Å². The van der Waals surface area contributed by atoms with E-state index in [4.69, 9.17) is 5.93 Å². The van der Waals surface area contributed by atoms with Crippen molar-refractivity contribution in [1.82, 2.24) is 10.5 Å². The van der Waals surface area contributed by atoms with Gasteiger partial charge in [-0.3, -0.25) is 4.79 Å². The molecule has 4 nitrogen and oxygen atoms in total. The number of aromatic nitrogens is 1. The number of hydrogen-bond acceptors (Lipinski definition) is 4. The van der Waals surface area contributed by atoms with Gasteiger partial charge in [-0.2, -0.15) is 0 Å². The van der Waals surface area contributed by atoms with Gasteiger partial charge in [0.15, 0.2) is 6.29 Å². The molecule has 0 radical (unpaired) electrons. The van der Waals surface area contributed by atoms with E-state index in [0.29, 0.717) is 29.8 Å². The summed E-state index contributed by atoms with van der Waals surface area (Å²) in [5.74, 6) is 1.86. The van der Waals surface area contributed by atoms with Crippen LogP contribution in [0.1, 0.15) is 27.7 Å². The predicted molar refractivity (Wildman–Crippen MR) is 49.2 cm³/mol. The Morgan fingerprint density at radius 2 is 2.36 bits per heavy atom. The van der Waals surface area contributed by atoms with Crippen molar-refractivity contribution in [3.63, 3.8) is 0 Å². The Balaban J connectivity index is 1.85. The van der Waals surface area contributed by atoms with Gasteiger partial charge >= 0.3 is 0 Å². The molecule has 3 rings (SSSR count). The molecule has 0 spiro atoms. The Kier molecular flexibility index (Phi) is 1.37. The topological polar surface area (TPSA) is 55.1 Å². The molecule has 2 aliphatic rings. The van der Waals surface area contributed by atoms with Crippen LogP contribution in [0.3, 0.4) is 0 Å². The molecule has 0 aromatic carbocycles. The Morgan fingerprint density at radius 1 is 1.64 bits per heavy atom. The average Bonchev–Trinajstić information content (AvgIpc) is 2.61. The second-order valence-electron chi connectivity index (χ2n) is 4.12. The molecule has 14 heavy (non-hydrogen) atoms. The van der Waals surface area contributed by atoms with Crippen molar-refractivity contribution in [3.05, 3.63) is 17.0 Å². The zero-order valence-corrected chi connectivity index (χ0v) is 7.93. The van der Waals surface area contributed by atoms with Gasteiger partial charge in [-0.1, -0.05) is 5.16 Å². The average molecular weight is 193 g/mol. The van der Waals surface area contributed by atoms with E-state index in [0.717, 1.165) is 24.3 Å². The quantitative estimate of drug-likeness (QED) is 0.703. The third-order valence-corrected chi connectivity index (χ3v) is 3.43. The normalized spacial score (nSPS) is 36.6. The highest BCUT2D eigenvalue weighted by Crippen LogP contribution is 2.56. The van der Waals surface area contributed by atoms with Crippen LogP contribution in [0, 0.1) is 18.8 Å². The number of hydrogen-bond donors (Lipinski definition) is 1. The molecule has 1 N–H and O–H groups in total. The molecule has 1 unspecified atom stereocenters. The summed E-state index contributed by atoms with van der Waals surface area (Å²) in [5.41, 5.74) is 1.81. The fourth-order valence-corrected chi connectivity index (χ4v) is 2.50. The molecule has 0 bridgehead atoms. The SMILES string of the molecule is [2H]N1C[C@@H]2C(c3noc(C=O)c3C)[C@@H]2C1. The number of nitrogens with zero attached hydrogens (tertiary/aromatic N) is 1. The second kappa shape index (κ2) is 2.67. The standard InChI is InChI=1S/C10H12N2O2/c1-5-8(4-13)14-12-10(5)9-6-2-11-3-7(6)9/h4,6-7,9,11H,2-3H2,1H3/t6-,7+,9?/i/hD. The van der Waals surface area contributed by atoms with Crippen LogP contribution in [-0.2, 0) is 0 Å². The number of aldehydes is 1. The number of piperidine rings is 1. The van der Waals surface area contributed by atoms with Crippen LogP contribution in [0.15, 0.2) is 4.52 Å². The second-order valence-corrected chi connectivity index (χ2v) is 4.12. The molecule has 2 fully saturated rings. The first kappa shape index (κ1) is 7.17. The van der Waals surface area contributed by atoms with E-state index < -0.39 is 0 Å². The molecule has 1 aromatic rings. The van der Waals surface area contributed by atoms with Crippen LogP contribution in [0.25, 0.3) is 0 Å². The van der Waals surface area contributed by atoms with Crippen LogP contribution in [-0.4, -0.2) is 24.5 Å². The summed E-state index contributed by atoms with van der Waals surface area (Å²) in [7, 11) is 0. The van der Waals surface area contributed by atoms with Crippen molar-refractivity contribution >= 4 is 6.29 Å². The van der Waals surface area contributed by atoms with Crippen molar-refractivity contribution in [2.24, 2.45) is 11.8 Å². The van der Waals surface area contributed by atoms with Crippen LogP contribution in [0.5, 0.6) is 0 Å². The van der Waals surface area contributed by atoms with E-state index in [9.17, 15) is 4.79 Å². The first-order valence-corrected chi connectivity index (χ1v) is 4.87. The van der Waals surface area contributed by atoms with E-state index in [1.807, 2.05) is 6.92 Å². The van der Waals surface area contributed by atoms with Gasteiger partial charge in [0.2, 0.25) is 5.76 Å². The number of nitrogens with one attached hydrogen (secondary N) is 1. The number of fused-ring (bicyclic) bond motifs is 1. The Labute approximate surface area is 83.1 Å². The van der Waals surface area contributed by atoms with Gasteiger partial charge in [-0.05, 0) is 31.8 Å². The Morgan fingerprint density at radius 3 is 2.93 bits per heavy atom. The van der Waals surface area contributed by atoms with Gasteiger partial charge in [-0.25, -0.2) is 0 Å². The highest BCUT2D eigenvalue weighted by molar-refractivity contribution is 5.73. The largest absolute Gasteiger partial charge is 0.353 e. The van der Waals surface area contributed by atoms with Crippen LogP contribution in [0.4, 0.5) is 0 Å². The summed E-state index contributed by atoms with van der Waals surface area (Å²) >= 11 is 0. The summed E-state index contributed by atoms with van der Waals surface area (Å²) in [5, 5.41) is 5.57. The van der Waals surface area contributed by atoms with Crippen molar-refractivity contribution in [2.45, 2.75) is 12.8 Å². The fraction of sp³-hybridized carbons (Fsp3) is 0.600.